The predicted molar refractivity (Wildman–Crippen MR) is 525 cm³/mol. The minimum atomic E-state index is -0.235. The van der Waals surface area contributed by atoms with Crippen molar-refractivity contribution in [1.29, 1.82) is 0 Å². The van der Waals surface area contributed by atoms with Crippen LogP contribution in [0.3, 0.4) is 0 Å². The number of hydrogen-bond acceptors (Lipinski definition) is 4. The van der Waals surface area contributed by atoms with Crippen molar-refractivity contribution in [3.63, 3.8) is 0 Å². The van der Waals surface area contributed by atoms with Crippen LogP contribution in [0.5, 0.6) is 0 Å². The van der Waals surface area contributed by atoms with Crippen LogP contribution < -0.4 is 9.80 Å². The van der Waals surface area contributed by atoms with Gasteiger partial charge in [-0.1, -0.05) is 293 Å². The number of rotatable bonds is 13. The van der Waals surface area contributed by atoms with Crippen molar-refractivity contribution in [2.75, 3.05) is 9.80 Å². The van der Waals surface area contributed by atoms with E-state index in [1.807, 2.05) is 24.3 Å². The van der Waals surface area contributed by atoms with Crippen LogP contribution in [-0.2, 0) is 5.41 Å². The summed E-state index contributed by atoms with van der Waals surface area (Å²) in [6.45, 7) is 4.77. The van der Waals surface area contributed by atoms with Crippen molar-refractivity contribution < 1.29 is 8.83 Å². The van der Waals surface area contributed by atoms with E-state index in [-0.39, 0.29) is 5.41 Å². The van der Waals surface area contributed by atoms with Crippen LogP contribution in [0.2, 0.25) is 0 Å². The Labute approximate surface area is 723 Å². The zero-order chi connectivity index (χ0) is 82.8. The van der Waals surface area contributed by atoms with Gasteiger partial charge in [-0.2, -0.15) is 0 Å². The van der Waals surface area contributed by atoms with E-state index in [9.17, 15) is 0 Å². The Balaban J connectivity index is 0.000000140. The minimum absolute atomic E-state index is 0.235. The molecule has 588 valence electrons. The number of fused-ring (bicyclic) bond motifs is 17. The number of furan rings is 2. The number of aromatic nitrogens is 2. The van der Waals surface area contributed by atoms with E-state index >= 15 is 0 Å². The summed E-state index contributed by atoms with van der Waals surface area (Å²) >= 11 is 0. The van der Waals surface area contributed by atoms with Gasteiger partial charge < -0.3 is 27.8 Å². The molecule has 4 aromatic heterocycles. The van der Waals surface area contributed by atoms with E-state index < -0.39 is 0 Å². The normalized spacial score (nSPS) is 12.3. The number of benzene rings is 20. The van der Waals surface area contributed by atoms with E-state index in [1.54, 1.807) is 0 Å². The van der Waals surface area contributed by atoms with Gasteiger partial charge in [-0.25, -0.2) is 0 Å². The van der Waals surface area contributed by atoms with Crippen LogP contribution in [0.1, 0.15) is 25.0 Å². The topological polar surface area (TPSA) is 42.6 Å². The highest BCUT2D eigenvalue weighted by atomic mass is 16.3. The molecule has 24 aromatic rings. The monoisotopic (exact) mass is 1600 g/mol. The summed E-state index contributed by atoms with van der Waals surface area (Å²) in [5.74, 6) is 0. The fraction of sp³-hybridized carbons (Fsp3) is 0.0252. The molecule has 6 nitrogen and oxygen atoms in total. The lowest BCUT2D eigenvalue weighted by Crippen LogP contribution is -2.17. The Bertz CT molecular complexity index is 8250. The van der Waals surface area contributed by atoms with E-state index in [2.05, 4.69) is 457 Å². The highest BCUT2D eigenvalue weighted by molar-refractivity contribution is 6.12. The van der Waals surface area contributed by atoms with Crippen molar-refractivity contribution in [2.45, 2.75) is 19.3 Å². The van der Waals surface area contributed by atoms with Crippen LogP contribution >= 0.6 is 0 Å². The number of anilines is 6. The second-order valence-electron chi connectivity index (χ2n) is 33.5. The van der Waals surface area contributed by atoms with Gasteiger partial charge in [0, 0.05) is 94.0 Å². The smallest absolute Gasteiger partial charge is 0.135 e. The SMILES string of the molecule is CC1(C)c2cc(N(c3ccc(-c4ccc5ccccc5c4)cc3)c3ccc(-c4ccc5oc6ccccc6c5c4)cc3)ccc2-c2ccc(-n3c4ccccc4c4ccccc43)cc21.c1ccc2cc(-c3ccc(N(c4ccc(-c5ccc(-n6c7ccccc7c7ccccc76)cc5)cc4)c4ccc(-c5ccc6oc7ccccc7c6c5)cc4)cc3)ccc2c1. The van der Waals surface area contributed by atoms with E-state index in [0.717, 1.165) is 106 Å². The van der Waals surface area contributed by atoms with Crippen molar-refractivity contribution in [2.24, 2.45) is 0 Å². The summed E-state index contributed by atoms with van der Waals surface area (Å²) in [5, 5.41) is 14.6. The second kappa shape index (κ2) is 29.6. The van der Waals surface area contributed by atoms with Crippen molar-refractivity contribution >= 4 is 143 Å². The maximum Gasteiger partial charge on any atom is 0.135 e. The Morgan fingerprint density at radius 1 is 0.192 bits per heavy atom. The molecule has 6 heteroatoms. The van der Waals surface area contributed by atoms with Gasteiger partial charge in [-0.15, -0.1) is 0 Å². The fourth-order valence-electron chi connectivity index (χ4n) is 19.7. The molecule has 0 saturated carbocycles. The third kappa shape index (κ3) is 12.6. The maximum atomic E-state index is 6.16. The number of hydrogen-bond donors (Lipinski definition) is 0. The highest BCUT2D eigenvalue weighted by Gasteiger charge is 2.37. The maximum absolute atomic E-state index is 6.16. The van der Waals surface area contributed by atoms with Gasteiger partial charge in [0.05, 0.1) is 22.1 Å². The van der Waals surface area contributed by atoms with Crippen LogP contribution in [0.15, 0.2) is 458 Å². The van der Waals surface area contributed by atoms with Crippen molar-refractivity contribution in [3.05, 3.63) is 460 Å². The third-order valence-electron chi connectivity index (χ3n) is 26.0. The largest absolute Gasteiger partial charge is 0.456 e. The van der Waals surface area contributed by atoms with Gasteiger partial charge >= 0.3 is 0 Å². The van der Waals surface area contributed by atoms with E-state index in [0.29, 0.717) is 0 Å². The average molecular weight is 1600 g/mol. The van der Waals surface area contributed by atoms with Gasteiger partial charge in [0.1, 0.15) is 22.3 Å². The fourth-order valence-corrected chi connectivity index (χ4v) is 19.7. The zero-order valence-corrected chi connectivity index (χ0v) is 68.8. The van der Waals surface area contributed by atoms with Gasteiger partial charge in [0.2, 0.25) is 0 Å². The molecule has 0 saturated heterocycles. The molecule has 1 aliphatic carbocycles. The van der Waals surface area contributed by atoms with Crippen LogP contribution in [0.4, 0.5) is 34.1 Å². The first-order chi connectivity index (χ1) is 61.7. The Hall–Kier alpha value is -16.3. The van der Waals surface area contributed by atoms with Crippen LogP contribution in [-0.4, -0.2) is 9.13 Å². The molecule has 0 bridgehead atoms. The molecule has 0 radical (unpaired) electrons. The van der Waals surface area contributed by atoms with Crippen molar-refractivity contribution in [1.82, 2.24) is 9.13 Å². The molecule has 4 heterocycles. The van der Waals surface area contributed by atoms with Crippen LogP contribution in [0.25, 0.3) is 187 Å². The molecule has 25 rings (SSSR count). The molecule has 125 heavy (non-hydrogen) atoms. The third-order valence-corrected chi connectivity index (χ3v) is 26.0. The summed E-state index contributed by atoms with van der Waals surface area (Å²) in [7, 11) is 0. The summed E-state index contributed by atoms with van der Waals surface area (Å²) in [4.78, 5) is 4.75. The lowest BCUT2D eigenvalue weighted by molar-refractivity contribution is 0.660. The molecule has 0 amide bonds. The second-order valence-corrected chi connectivity index (χ2v) is 33.5. The van der Waals surface area contributed by atoms with Gasteiger partial charge in [0.15, 0.2) is 0 Å². The highest BCUT2D eigenvalue weighted by Crippen LogP contribution is 2.53. The molecule has 0 fully saturated rings. The molecular weight excluding hydrogens is 1520 g/mol. The minimum Gasteiger partial charge on any atom is -0.456 e. The number of para-hydroxylation sites is 6. The summed E-state index contributed by atoms with van der Waals surface area (Å²) in [6, 6.07) is 163. The average Bonchev–Trinajstić information content (AvgIpc) is 1.56. The molecule has 0 aliphatic heterocycles. The predicted octanol–water partition coefficient (Wildman–Crippen LogP) is 33.3. The molecule has 1 aliphatic rings. The summed E-state index contributed by atoms with van der Waals surface area (Å²) in [6.07, 6.45) is 0. The first kappa shape index (κ1) is 72.7. The first-order valence-electron chi connectivity index (χ1n) is 43.0. The molecule has 0 atom stereocenters. The van der Waals surface area contributed by atoms with Gasteiger partial charge in [0.25, 0.3) is 0 Å². The zero-order valence-electron chi connectivity index (χ0n) is 68.8. The van der Waals surface area contributed by atoms with E-state index in [4.69, 9.17) is 8.83 Å². The van der Waals surface area contributed by atoms with Gasteiger partial charge in [-0.3, -0.25) is 0 Å². The standard InChI is InChI=1S/C61H42N2O.C58H38N2O/c1-61(2)55-37-47(30-32-49(55)50-33-31-48(38-56(50)61)63-57-16-8-5-13-51(57)52-14-6-9-17-58(52)63)62(45-26-21-40(22-27-45)43-20-19-39-11-3-4-12-42(39)35-43)46-28-23-41(24-29-46)44-25-34-60-54(36-44)53-15-7-10-18-59(53)64-60;1-2-10-44-37-45(18-17-39(44)9-1)42-23-30-48(31-24-42)59(49-32-25-43(26-33-49)46-27-36-58-54(38-46)53-13-5-8-16-57(53)61-58)47-28-19-40(20-29-47)41-21-34-50(35-22-41)60-55-14-6-3-11-51(55)52-12-4-7-15-56(52)60/h3-38H,1-2H3;1-38H. The Morgan fingerprint density at radius 2 is 0.464 bits per heavy atom. The summed E-state index contributed by atoms with van der Waals surface area (Å²) in [5.41, 5.74) is 34.2. The molecule has 0 spiro atoms. The van der Waals surface area contributed by atoms with Crippen molar-refractivity contribution in [3.8, 4) is 78.1 Å². The van der Waals surface area contributed by atoms with E-state index in [1.165, 1.54) is 126 Å². The molecule has 0 unspecified atom stereocenters. The summed E-state index contributed by atoms with van der Waals surface area (Å²) < 4.78 is 17.1. The molecular formula is C119H80N4O2. The molecule has 0 N–H and O–H groups in total. The Morgan fingerprint density at radius 3 is 0.872 bits per heavy atom. The quantitative estimate of drug-likeness (QED) is 0.115. The first-order valence-corrected chi connectivity index (χ1v) is 43.0. The number of nitrogens with zero attached hydrogens (tertiary/aromatic N) is 4. The molecule has 20 aromatic carbocycles. The van der Waals surface area contributed by atoms with Crippen LogP contribution in [0, 0.1) is 0 Å². The Kier molecular flexibility index (Phi) is 17.2. The van der Waals surface area contributed by atoms with Gasteiger partial charge in [-0.05, 0) is 269 Å². The lowest BCUT2D eigenvalue weighted by Gasteiger charge is -2.28. The lowest BCUT2D eigenvalue weighted by atomic mass is 9.82.